The van der Waals surface area contributed by atoms with E-state index in [2.05, 4.69) is 31.9 Å². The van der Waals surface area contributed by atoms with E-state index in [1.807, 2.05) is 0 Å². The molecular weight excluding hydrogens is 418 g/mol. The molecule has 0 saturated heterocycles. The van der Waals surface area contributed by atoms with Crippen LogP contribution < -0.4 is 16.0 Å². The first-order valence-electron chi connectivity index (χ1n) is 8.74. The molecule has 9 heteroatoms. The molecule has 1 aromatic carbocycles. The molecule has 0 radical (unpaired) electrons. The predicted octanol–water partition coefficient (Wildman–Crippen LogP) is 1.88. The van der Waals surface area contributed by atoms with E-state index >= 15 is 0 Å². The molecule has 27 heavy (non-hydrogen) atoms. The van der Waals surface area contributed by atoms with Gasteiger partial charge in [0.1, 0.15) is 6.54 Å². The van der Waals surface area contributed by atoms with Gasteiger partial charge in [-0.15, -0.1) is 0 Å². The van der Waals surface area contributed by atoms with Crippen molar-refractivity contribution in [2.45, 2.75) is 38.1 Å². The van der Waals surface area contributed by atoms with Gasteiger partial charge in [-0.2, -0.15) is 0 Å². The lowest BCUT2D eigenvalue weighted by Gasteiger charge is -2.22. The molecule has 1 aliphatic rings. The largest absolute Gasteiger partial charge is 0.454 e. The number of esters is 1. The Bertz CT molecular complexity index is 687. The molecule has 146 valence electrons. The van der Waals surface area contributed by atoms with Crippen LogP contribution in [-0.4, -0.2) is 43.0 Å². The molecular formula is C18H22BrN3O5. The maximum absolute atomic E-state index is 11.9. The van der Waals surface area contributed by atoms with Crippen molar-refractivity contribution in [2.75, 3.05) is 13.2 Å². The summed E-state index contributed by atoms with van der Waals surface area (Å²) in [5.41, 5.74) is 0.392. The molecule has 1 aliphatic carbocycles. The highest BCUT2D eigenvalue weighted by Gasteiger charge is 2.17. The fraction of sp³-hybridized carbons (Fsp3) is 0.444. The molecule has 0 spiro atoms. The number of carbonyl (C=O) groups excluding carboxylic acids is 4. The molecule has 1 aromatic rings. The number of hydrogen-bond acceptors (Lipinski definition) is 5. The van der Waals surface area contributed by atoms with Crippen molar-refractivity contribution < 1.29 is 23.9 Å². The van der Waals surface area contributed by atoms with Gasteiger partial charge in [0, 0.05) is 16.1 Å². The average molecular weight is 440 g/mol. The van der Waals surface area contributed by atoms with Gasteiger partial charge >= 0.3 is 12.0 Å². The second kappa shape index (κ2) is 10.7. The fourth-order valence-corrected chi connectivity index (χ4v) is 2.95. The summed E-state index contributed by atoms with van der Waals surface area (Å²) >= 11 is 3.26. The van der Waals surface area contributed by atoms with Crippen LogP contribution in [0.4, 0.5) is 4.79 Å². The lowest BCUT2D eigenvalue weighted by atomic mass is 9.96. The van der Waals surface area contributed by atoms with Crippen LogP contribution in [0.25, 0.3) is 0 Å². The number of rotatable bonds is 6. The molecule has 3 N–H and O–H groups in total. The maximum atomic E-state index is 11.9. The molecule has 0 aromatic heterocycles. The number of imide groups is 1. The molecule has 1 fully saturated rings. The van der Waals surface area contributed by atoms with Gasteiger partial charge in [0.2, 0.25) is 0 Å². The van der Waals surface area contributed by atoms with Gasteiger partial charge in [0.05, 0.1) is 0 Å². The Morgan fingerprint density at radius 1 is 1.04 bits per heavy atom. The zero-order valence-electron chi connectivity index (χ0n) is 14.8. The van der Waals surface area contributed by atoms with E-state index in [1.54, 1.807) is 24.3 Å². The zero-order chi connectivity index (χ0) is 19.6. The number of nitrogens with one attached hydrogen (secondary N) is 3. The summed E-state index contributed by atoms with van der Waals surface area (Å²) in [5, 5.41) is 7.25. The van der Waals surface area contributed by atoms with Crippen molar-refractivity contribution in [2.24, 2.45) is 0 Å². The topological polar surface area (TPSA) is 114 Å². The van der Waals surface area contributed by atoms with Gasteiger partial charge < -0.3 is 15.4 Å². The molecule has 0 atom stereocenters. The van der Waals surface area contributed by atoms with Gasteiger partial charge in [0.25, 0.3) is 11.8 Å². The summed E-state index contributed by atoms with van der Waals surface area (Å²) in [6.07, 6.45) is 5.07. The molecule has 0 aliphatic heterocycles. The van der Waals surface area contributed by atoms with E-state index < -0.39 is 30.4 Å². The summed E-state index contributed by atoms with van der Waals surface area (Å²) in [6, 6.07) is 6.09. The molecule has 0 unspecified atom stereocenters. The Kier molecular flexibility index (Phi) is 8.25. The molecule has 4 amide bonds. The number of halogens is 1. The smallest absolute Gasteiger partial charge is 0.325 e. The van der Waals surface area contributed by atoms with E-state index in [0.717, 1.165) is 36.6 Å². The highest BCUT2D eigenvalue weighted by atomic mass is 79.9. The second-order valence-corrected chi connectivity index (χ2v) is 7.12. The van der Waals surface area contributed by atoms with Gasteiger partial charge in [0.15, 0.2) is 6.61 Å². The lowest BCUT2D eigenvalue weighted by Crippen LogP contribution is -2.46. The third kappa shape index (κ3) is 7.78. The van der Waals surface area contributed by atoms with Crippen molar-refractivity contribution in [1.29, 1.82) is 0 Å². The minimum atomic E-state index is -0.775. The minimum Gasteiger partial charge on any atom is -0.454 e. The van der Waals surface area contributed by atoms with Crippen LogP contribution in [0.5, 0.6) is 0 Å². The van der Waals surface area contributed by atoms with Crippen LogP contribution in [0.15, 0.2) is 28.7 Å². The van der Waals surface area contributed by atoms with Gasteiger partial charge in [-0.3, -0.25) is 19.7 Å². The Morgan fingerprint density at radius 3 is 2.37 bits per heavy atom. The molecule has 0 bridgehead atoms. The highest BCUT2D eigenvalue weighted by Crippen LogP contribution is 2.17. The standard InChI is InChI=1S/C18H22BrN3O5/c19-13-8-6-12(7-9-13)17(25)20-10-16(24)27-11-15(23)22-18(26)21-14-4-2-1-3-5-14/h6-9,14H,1-5,10-11H2,(H,20,25)(H2,21,22,23,26). The first-order valence-corrected chi connectivity index (χ1v) is 9.53. The molecule has 1 saturated carbocycles. The van der Waals surface area contributed by atoms with E-state index in [4.69, 9.17) is 4.74 Å². The van der Waals surface area contributed by atoms with Crippen LogP contribution in [0.1, 0.15) is 42.5 Å². The number of ether oxygens (including phenoxy) is 1. The monoisotopic (exact) mass is 439 g/mol. The highest BCUT2D eigenvalue weighted by molar-refractivity contribution is 9.10. The average Bonchev–Trinajstić information content (AvgIpc) is 2.65. The maximum Gasteiger partial charge on any atom is 0.325 e. The summed E-state index contributed by atoms with van der Waals surface area (Å²) < 4.78 is 5.58. The normalized spacial score (nSPS) is 14.1. The zero-order valence-corrected chi connectivity index (χ0v) is 16.3. The summed E-state index contributed by atoms with van der Waals surface area (Å²) in [4.78, 5) is 46.9. The Morgan fingerprint density at radius 2 is 1.70 bits per heavy atom. The summed E-state index contributed by atoms with van der Waals surface area (Å²) in [7, 11) is 0. The summed E-state index contributed by atoms with van der Waals surface area (Å²) in [5.74, 6) is -1.94. The number of hydrogen-bond donors (Lipinski definition) is 3. The second-order valence-electron chi connectivity index (χ2n) is 6.21. The molecule has 2 rings (SSSR count). The SMILES string of the molecule is O=C(COC(=O)CNC(=O)c1ccc(Br)cc1)NC(=O)NC1CCCCC1. The van der Waals surface area contributed by atoms with Crippen LogP contribution in [0, 0.1) is 0 Å². The van der Waals surface area contributed by atoms with E-state index in [0.29, 0.717) is 5.56 Å². The Balaban J connectivity index is 1.62. The van der Waals surface area contributed by atoms with Gasteiger partial charge in [-0.05, 0) is 37.1 Å². The Hall–Kier alpha value is -2.42. The quantitative estimate of drug-likeness (QED) is 0.585. The van der Waals surface area contributed by atoms with Crippen LogP contribution in [-0.2, 0) is 14.3 Å². The van der Waals surface area contributed by atoms with Crippen molar-refractivity contribution in [3.05, 3.63) is 34.3 Å². The van der Waals surface area contributed by atoms with Crippen LogP contribution in [0.3, 0.4) is 0 Å². The summed E-state index contributed by atoms with van der Waals surface area (Å²) in [6.45, 7) is -0.971. The first kappa shape index (κ1) is 20.9. The first-order chi connectivity index (χ1) is 12.9. The predicted molar refractivity (Wildman–Crippen MR) is 101 cm³/mol. The Labute approximate surface area is 165 Å². The van der Waals surface area contributed by atoms with Crippen LogP contribution in [0.2, 0.25) is 0 Å². The third-order valence-electron chi connectivity index (χ3n) is 4.06. The van der Waals surface area contributed by atoms with Gasteiger partial charge in [-0.25, -0.2) is 4.79 Å². The van der Waals surface area contributed by atoms with Crippen LogP contribution >= 0.6 is 15.9 Å². The van der Waals surface area contributed by atoms with Crippen molar-refractivity contribution in [3.63, 3.8) is 0 Å². The van der Waals surface area contributed by atoms with E-state index in [1.165, 1.54) is 0 Å². The van der Waals surface area contributed by atoms with E-state index in [9.17, 15) is 19.2 Å². The van der Waals surface area contributed by atoms with Crippen molar-refractivity contribution in [3.8, 4) is 0 Å². The number of benzene rings is 1. The molecule has 0 heterocycles. The van der Waals surface area contributed by atoms with E-state index in [-0.39, 0.29) is 12.6 Å². The number of urea groups is 1. The minimum absolute atomic E-state index is 0.0722. The number of amides is 4. The third-order valence-corrected chi connectivity index (χ3v) is 4.59. The molecule has 8 nitrogen and oxygen atoms in total. The van der Waals surface area contributed by atoms with Gasteiger partial charge in [-0.1, -0.05) is 35.2 Å². The van der Waals surface area contributed by atoms with Crippen molar-refractivity contribution >= 4 is 39.7 Å². The fourth-order valence-electron chi connectivity index (χ4n) is 2.68. The number of carbonyl (C=O) groups is 4. The van der Waals surface area contributed by atoms with Crippen molar-refractivity contribution in [1.82, 2.24) is 16.0 Å². The lowest BCUT2D eigenvalue weighted by molar-refractivity contribution is -0.147.